The number of nitrogens with one attached hydrogen (secondary N) is 1. The first kappa shape index (κ1) is 17.1. The van der Waals surface area contributed by atoms with E-state index >= 15 is 0 Å². The summed E-state index contributed by atoms with van der Waals surface area (Å²) in [5.74, 6) is 2.50. The van der Waals surface area contributed by atoms with Crippen molar-refractivity contribution in [3.8, 4) is 0 Å². The zero-order chi connectivity index (χ0) is 17.6. The van der Waals surface area contributed by atoms with Gasteiger partial charge in [-0.1, -0.05) is 0 Å². The third kappa shape index (κ3) is 3.36. The van der Waals surface area contributed by atoms with Gasteiger partial charge in [0.1, 0.15) is 10.7 Å². The van der Waals surface area contributed by atoms with Crippen molar-refractivity contribution in [1.29, 1.82) is 0 Å². The van der Waals surface area contributed by atoms with Crippen LogP contribution < -0.4 is 5.56 Å². The van der Waals surface area contributed by atoms with Crippen LogP contribution in [0.2, 0.25) is 0 Å². The minimum Gasteiger partial charge on any atom is -0.342 e. The Balaban J connectivity index is 1.40. The molecule has 0 radical (unpaired) electrons. The fraction of sp³-hybridized carbons (Fsp3) is 0.611. The van der Waals surface area contributed by atoms with Crippen LogP contribution in [0.15, 0.2) is 4.79 Å². The monoisotopic (exact) mass is 377 g/mol. The number of hydrogen-bond acceptors (Lipinski definition) is 5. The first-order valence-electron chi connectivity index (χ1n) is 8.91. The summed E-state index contributed by atoms with van der Waals surface area (Å²) in [4.78, 5) is 36.3. The number of hydrogen-bond donors (Lipinski definition) is 1. The van der Waals surface area contributed by atoms with Crippen molar-refractivity contribution in [2.75, 3.05) is 12.8 Å². The first-order chi connectivity index (χ1) is 12.0. The lowest BCUT2D eigenvalue weighted by molar-refractivity contribution is -0.129. The number of nitrogens with zero attached hydrogens (tertiary/aromatic N) is 2. The average molecular weight is 378 g/mol. The molecule has 2 aromatic heterocycles. The van der Waals surface area contributed by atoms with Crippen molar-refractivity contribution < 1.29 is 4.79 Å². The van der Waals surface area contributed by atoms with Crippen LogP contribution in [-0.2, 0) is 23.4 Å². The van der Waals surface area contributed by atoms with Crippen LogP contribution in [0.1, 0.15) is 42.5 Å². The Labute approximate surface area is 155 Å². The summed E-state index contributed by atoms with van der Waals surface area (Å²) in [7, 11) is 1.89. The molecule has 25 heavy (non-hydrogen) atoms. The van der Waals surface area contributed by atoms with Gasteiger partial charge in [0.2, 0.25) is 5.91 Å². The molecule has 0 aliphatic heterocycles. The number of thioether (sulfide) groups is 1. The van der Waals surface area contributed by atoms with Crippen molar-refractivity contribution in [2.45, 2.75) is 50.8 Å². The summed E-state index contributed by atoms with van der Waals surface area (Å²) in [5, 5.41) is 0.792. The van der Waals surface area contributed by atoms with E-state index in [1.54, 1.807) is 11.3 Å². The Kier molecular flexibility index (Phi) is 4.62. The smallest absolute Gasteiger partial charge is 0.259 e. The zero-order valence-corrected chi connectivity index (χ0v) is 16.3. The molecule has 2 aromatic rings. The van der Waals surface area contributed by atoms with Crippen LogP contribution in [-0.4, -0.2) is 39.6 Å². The summed E-state index contributed by atoms with van der Waals surface area (Å²) < 4.78 is 0. The molecule has 1 N–H and O–H groups in total. The van der Waals surface area contributed by atoms with Crippen LogP contribution in [0.4, 0.5) is 0 Å². The van der Waals surface area contributed by atoms with Gasteiger partial charge in [-0.2, -0.15) is 0 Å². The van der Waals surface area contributed by atoms with Crippen LogP contribution in [0.3, 0.4) is 0 Å². The number of thiophene rings is 1. The van der Waals surface area contributed by atoms with Gasteiger partial charge >= 0.3 is 0 Å². The Hall–Kier alpha value is -1.34. The quantitative estimate of drug-likeness (QED) is 0.840. The second-order valence-electron chi connectivity index (χ2n) is 7.13. The average Bonchev–Trinajstić information content (AvgIpc) is 3.23. The van der Waals surface area contributed by atoms with Crippen LogP contribution in [0.25, 0.3) is 10.2 Å². The maximum atomic E-state index is 12.4. The molecule has 5 nitrogen and oxygen atoms in total. The molecule has 0 bridgehead atoms. The summed E-state index contributed by atoms with van der Waals surface area (Å²) in [6.07, 6.45) is 5.68. The molecule has 0 spiro atoms. The second-order valence-corrected chi connectivity index (χ2v) is 9.19. The highest BCUT2D eigenvalue weighted by atomic mass is 32.2. The molecule has 0 aromatic carbocycles. The van der Waals surface area contributed by atoms with E-state index in [9.17, 15) is 9.59 Å². The number of amides is 1. The molecule has 1 fully saturated rings. The topological polar surface area (TPSA) is 66.1 Å². The summed E-state index contributed by atoms with van der Waals surface area (Å²) in [6.45, 7) is 2.13. The number of aryl methyl sites for hydroxylation is 2. The van der Waals surface area contributed by atoms with E-state index in [1.165, 1.54) is 35.0 Å². The fourth-order valence-electron chi connectivity index (χ4n) is 3.57. The molecule has 1 amide bonds. The number of H-pyrrole nitrogens is 1. The lowest BCUT2D eigenvalue weighted by Gasteiger charge is -2.24. The third-order valence-corrected chi connectivity index (χ3v) is 7.51. The molecule has 7 heteroatoms. The molecule has 0 saturated heterocycles. The van der Waals surface area contributed by atoms with Crippen molar-refractivity contribution >= 4 is 39.2 Å². The van der Waals surface area contributed by atoms with Crippen molar-refractivity contribution in [3.63, 3.8) is 0 Å². The van der Waals surface area contributed by atoms with Gasteiger partial charge in [-0.3, -0.25) is 9.59 Å². The minimum absolute atomic E-state index is 0.0224. The molecular formula is C18H23N3O2S2. The first-order valence-corrected chi connectivity index (χ1v) is 10.9. The number of carbonyl (C=O) groups is 1. The maximum absolute atomic E-state index is 12.4. The van der Waals surface area contributed by atoms with Gasteiger partial charge in [-0.05, 0) is 50.5 Å². The van der Waals surface area contributed by atoms with Gasteiger partial charge in [0.15, 0.2) is 0 Å². The second kappa shape index (κ2) is 6.76. The number of rotatable bonds is 6. The van der Waals surface area contributed by atoms with Gasteiger partial charge in [0.25, 0.3) is 5.56 Å². The molecule has 2 aliphatic rings. The SMILES string of the molecule is CC(C1CC1)N(C)C(=O)CSCc1nc2sc3c(c2c(=O)[nH]1)CCC3. The largest absolute Gasteiger partial charge is 0.342 e. The highest BCUT2D eigenvalue weighted by Gasteiger charge is 2.32. The summed E-state index contributed by atoms with van der Waals surface area (Å²) in [5.41, 5.74) is 1.18. The van der Waals surface area contributed by atoms with Gasteiger partial charge < -0.3 is 9.88 Å². The van der Waals surface area contributed by atoms with E-state index in [-0.39, 0.29) is 11.5 Å². The molecule has 134 valence electrons. The lowest BCUT2D eigenvalue weighted by Crippen LogP contribution is -2.37. The highest BCUT2D eigenvalue weighted by molar-refractivity contribution is 7.99. The number of aromatic amines is 1. The summed E-state index contributed by atoms with van der Waals surface area (Å²) in [6, 6.07) is 0.330. The molecule has 2 heterocycles. The molecule has 4 rings (SSSR count). The number of fused-ring (bicyclic) bond motifs is 3. The zero-order valence-electron chi connectivity index (χ0n) is 14.6. The van der Waals surface area contributed by atoms with Crippen molar-refractivity contribution in [2.24, 2.45) is 5.92 Å². The normalized spacial score (nSPS) is 17.7. The Morgan fingerprint density at radius 1 is 1.44 bits per heavy atom. The van der Waals surface area contributed by atoms with E-state index in [4.69, 9.17) is 0 Å². The Morgan fingerprint density at radius 2 is 2.24 bits per heavy atom. The van der Waals surface area contributed by atoms with Crippen molar-refractivity contribution in [3.05, 3.63) is 26.6 Å². The van der Waals surface area contributed by atoms with E-state index in [2.05, 4.69) is 16.9 Å². The molecule has 1 unspecified atom stereocenters. The molecular weight excluding hydrogens is 354 g/mol. The van der Waals surface area contributed by atoms with Crippen LogP contribution in [0.5, 0.6) is 0 Å². The van der Waals surface area contributed by atoms with Gasteiger partial charge in [0, 0.05) is 18.0 Å². The van der Waals surface area contributed by atoms with Gasteiger partial charge in [0.05, 0.1) is 16.9 Å². The Bertz CT molecular complexity index is 869. The highest BCUT2D eigenvalue weighted by Crippen LogP contribution is 2.35. The van der Waals surface area contributed by atoms with Crippen molar-refractivity contribution in [1.82, 2.24) is 14.9 Å². The molecule has 1 saturated carbocycles. The molecule has 2 aliphatic carbocycles. The third-order valence-electron chi connectivity index (χ3n) is 5.40. The van der Waals surface area contributed by atoms with E-state index in [0.29, 0.717) is 29.3 Å². The minimum atomic E-state index is -0.0224. The van der Waals surface area contributed by atoms with E-state index < -0.39 is 0 Å². The maximum Gasteiger partial charge on any atom is 0.259 e. The number of aromatic nitrogens is 2. The van der Waals surface area contributed by atoms with Gasteiger partial charge in [-0.15, -0.1) is 23.1 Å². The van der Waals surface area contributed by atoms with E-state index in [0.717, 1.165) is 29.5 Å². The van der Waals surface area contributed by atoms with E-state index in [1.807, 2.05) is 11.9 Å². The standard InChI is InChI=1S/C18H23N3O2S2/c1-10(11-6-7-11)21(2)15(22)9-24-8-14-19-17(23)16-12-4-3-5-13(12)25-18(16)20-14/h10-11H,3-9H2,1-2H3,(H,19,20,23). The van der Waals surface area contributed by atoms with Crippen LogP contribution >= 0.6 is 23.1 Å². The predicted octanol–water partition coefficient (Wildman–Crippen LogP) is 2.96. The predicted molar refractivity (Wildman–Crippen MR) is 103 cm³/mol. The summed E-state index contributed by atoms with van der Waals surface area (Å²) >= 11 is 3.18. The van der Waals surface area contributed by atoms with Gasteiger partial charge in [-0.25, -0.2) is 4.98 Å². The Morgan fingerprint density at radius 3 is 3.00 bits per heavy atom. The van der Waals surface area contributed by atoms with Crippen LogP contribution in [0, 0.1) is 5.92 Å². The molecule has 1 atom stereocenters. The lowest BCUT2D eigenvalue weighted by atomic mass is 10.2. The fourth-order valence-corrected chi connectivity index (χ4v) is 5.67. The number of carbonyl (C=O) groups excluding carboxylic acids is 1.